The SMILES string of the molecule is CCNC(c1cc(C)ccc1F)C1(CC(C)C)CCCC1. The van der Waals surface area contributed by atoms with Crippen molar-refractivity contribution in [3.63, 3.8) is 0 Å². The molecule has 1 nitrogen and oxygen atoms in total. The fourth-order valence-electron chi connectivity index (χ4n) is 4.25. The second-order valence-electron chi connectivity index (χ2n) is 7.18. The van der Waals surface area contributed by atoms with E-state index in [0.29, 0.717) is 5.92 Å². The third-order valence-corrected chi connectivity index (χ3v) is 4.90. The molecule has 0 saturated heterocycles. The molecule has 118 valence electrons. The molecule has 21 heavy (non-hydrogen) atoms. The fraction of sp³-hybridized carbons (Fsp3) is 0.684. The maximum Gasteiger partial charge on any atom is 0.128 e. The highest BCUT2D eigenvalue weighted by Crippen LogP contribution is 2.52. The van der Waals surface area contributed by atoms with Gasteiger partial charge < -0.3 is 5.32 Å². The molecular formula is C19H30FN. The molecular weight excluding hydrogens is 261 g/mol. The first-order valence-electron chi connectivity index (χ1n) is 8.48. The van der Waals surface area contributed by atoms with E-state index in [0.717, 1.165) is 17.7 Å². The van der Waals surface area contributed by atoms with Gasteiger partial charge in [0.15, 0.2) is 0 Å². The maximum absolute atomic E-state index is 14.5. The Morgan fingerprint density at radius 1 is 1.24 bits per heavy atom. The molecule has 1 aliphatic rings. The summed E-state index contributed by atoms with van der Waals surface area (Å²) in [6.07, 6.45) is 6.18. The zero-order valence-corrected chi connectivity index (χ0v) is 14.0. The van der Waals surface area contributed by atoms with Crippen LogP contribution in [0, 0.1) is 24.1 Å². The largest absolute Gasteiger partial charge is 0.310 e. The Bertz CT molecular complexity index is 461. The minimum atomic E-state index is -0.0541. The van der Waals surface area contributed by atoms with Gasteiger partial charge in [0.1, 0.15) is 5.82 Å². The van der Waals surface area contributed by atoms with Crippen molar-refractivity contribution >= 4 is 0 Å². The summed E-state index contributed by atoms with van der Waals surface area (Å²) in [5.74, 6) is 0.596. The Morgan fingerprint density at radius 3 is 2.48 bits per heavy atom. The highest BCUT2D eigenvalue weighted by atomic mass is 19.1. The van der Waals surface area contributed by atoms with Gasteiger partial charge in [0.05, 0.1) is 0 Å². The molecule has 1 unspecified atom stereocenters. The summed E-state index contributed by atoms with van der Waals surface area (Å²) in [5, 5.41) is 3.62. The molecule has 0 spiro atoms. The van der Waals surface area contributed by atoms with Crippen molar-refractivity contribution in [3.8, 4) is 0 Å². The molecule has 0 heterocycles. The number of nitrogens with one attached hydrogen (secondary N) is 1. The molecule has 2 rings (SSSR count). The fourth-order valence-corrected chi connectivity index (χ4v) is 4.25. The third-order valence-electron chi connectivity index (χ3n) is 4.90. The van der Waals surface area contributed by atoms with Gasteiger partial charge in [0, 0.05) is 11.6 Å². The van der Waals surface area contributed by atoms with E-state index in [1.54, 1.807) is 6.07 Å². The van der Waals surface area contributed by atoms with Crippen LogP contribution in [0.4, 0.5) is 4.39 Å². The van der Waals surface area contributed by atoms with Gasteiger partial charge in [-0.25, -0.2) is 4.39 Å². The van der Waals surface area contributed by atoms with Crippen LogP contribution in [0.25, 0.3) is 0 Å². The van der Waals surface area contributed by atoms with Crippen LogP contribution < -0.4 is 5.32 Å². The number of rotatable bonds is 6. The third kappa shape index (κ3) is 3.66. The Morgan fingerprint density at radius 2 is 1.90 bits per heavy atom. The predicted octanol–water partition coefficient (Wildman–Crippen LogP) is 5.39. The summed E-state index contributed by atoms with van der Waals surface area (Å²) in [6.45, 7) is 9.64. The molecule has 0 aliphatic heterocycles. The van der Waals surface area contributed by atoms with Gasteiger partial charge >= 0.3 is 0 Å². The predicted molar refractivity (Wildman–Crippen MR) is 87.9 cm³/mol. The Hall–Kier alpha value is -0.890. The van der Waals surface area contributed by atoms with Crippen LogP contribution in [0.1, 0.15) is 70.0 Å². The average Bonchev–Trinajstić information content (AvgIpc) is 2.87. The minimum Gasteiger partial charge on any atom is -0.310 e. The topological polar surface area (TPSA) is 12.0 Å². The van der Waals surface area contributed by atoms with Crippen molar-refractivity contribution in [3.05, 3.63) is 35.1 Å². The Labute approximate surface area is 129 Å². The molecule has 2 heteroatoms. The summed E-state index contributed by atoms with van der Waals surface area (Å²) in [4.78, 5) is 0. The van der Waals surface area contributed by atoms with Gasteiger partial charge in [-0.15, -0.1) is 0 Å². The minimum absolute atomic E-state index is 0.0541. The van der Waals surface area contributed by atoms with Crippen molar-refractivity contribution in [2.24, 2.45) is 11.3 Å². The summed E-state index contributed by atoms with van der Waals surface area (Å²) >= 11 is 0. The van der Waals surface area contributed by atoms with Gasteiger partial charge in [0.25, 0.3) is 0 Å². The van der Waals surface area contributed by atoms with E-state index < -0.39 is 0 Å². The molecule has 0 bridgehead atoms. The van der Waals surface area contributed by atoms with E-state index in [9.17, 15) is 4.39 Å². The van der Waals surface area contributed by atoms with Crippen LogP contribution in [-0.4, -0.2) is 6.54 Å². The number of hydrogen-bond donors (Lipinski definition) is 1. The molecule has 1 aromatic rings. The van der Waals surface area contributed by atoms with Crippen molar-refractivity contribution in [1.29, 1.82) is 0 Å². The lowest BCUT2D eigenvalue weighted by molar-refractivity contribution is 0.154. The lowest BCUT2D eigenvalue weighted by Crippen LogP contribution is -2.38. The summed E-state index contributed by atoms with van der Waals surface area (Å²) in [5.41, 5.74) is 2.24. The summed E-state index contributed by atoms with van der Waals surface area (Å²) in [6, 6.07) is 5.69. The van der Waals surface area contributed by atoms with E-state index in [1.807, 2.05) is 12.1 Å². The van der Waals surface area contributed by atoms with Crippen LogP contribution in [0.15, 0.2) is 18.2 Å². The highest BCUT2D eigenvalue weighted by molar-refractivity contribution is 5.29. The maximum atomic E-state index is 14.5. The first kappa shape index (κ1) is 16.5. The monoisotopic (exact) mass is 291 g/mol. The zero-order chi connectivity index (χ0) is 15.5. The molecule has 1 fully saturated rings. The first-order chi connectivity index (χ1) is 9.98. The highest BCUT2D eigenvalue weighted by Gasteiger charge is 2.42. The lowest BCUT2D eigenvalue weighted by Gasteiger charge is -2.40. The number of halogens is 1. The normalized spacial score (nSPS) is 19.1. The number of benzene rings is 1. The second-order valence-corrected chi connectivity index (χ2v) is 7.18. The van der Waals surface area contributed by atoms with E-state index in [-0.39, 0.29) is 17.3 Å². The van der Waals surface area contributed by atoms with Crippen LogP contribution >= 0.6 is 0 Å². The summed E-state index contributed by atoms with van der Waals surface area (Å²) < 4.78 is 14.5. The van der Waals surface area contributed by atoms with Gasteiger partial charge in [-0.1, -0.05) is 51.3 Å². The average molecular weight is 291 g/mol. The second kappa shape index (κ2) is 6.91. The molecule has 1 saturated carbocycles. The number of hydrogen-bond acceptors (Lipinski definition) is 1. The number of aryl methyl sites for hydroxylation is 1. The molecule has 1 N–H and O–H groups in total. The molecule has 1 atom stereocenters. The van der Waals surface area contributed by atoms with E-state index in [1.165, 1.54) is 32.1 Å². The van der Waals surface area contributed by atoms with Crippen LogP contribution in [-0.2, 0) is 0 Å². The molecule has 0 aromatic heterocycles. The lowest BCUT2D eigenvalue weighted by atomic mass is 9.70. The Balaban J connectivity index is 2.42. The molecule has 0 radical (unpaired) electrons. The molecule has 0 amide bonds. The Kier molecular flexibility index (Phi) is 5.43. The van der Waals surface area contributed by atoms with E-state index in [4.69, 9.17) is 0 Å². The van der Waals surface area contributed by atoms with Gasteiger partial charge in [0.2, 0.25) is 0 Å². The van der Waals surface area contributed by atoms with Crippen molar-refractivity contribution in [2.75, 3.05) is 6.54 Å². The van der Waals surface area contributed by atoms with Gasteiger partial charge in [-0.3, -0.25) is 0 Å². The summed E-state index contributed by atoms with van der Waals surface area (Å²) in [7, 11) is 0. The van der Waals surface area contributed by atoms with Crippen molar-refractivity contribution in [2.45, 2.75) is 65.8 Å². The smallest absolute Gasteiger partial charge is 0.128 e. The van der Waals surface area contributed by atoms with E-state index in [2.05, 4.69) is 33.0 Å². The van der Waals surface area contributed by atoms with E-state index >= 15 is 0 Å². The molecule has 1 aliphatic carbocycles. The first-order valence-corrected chi connectivity index (χ1v) is 8.48. The van der Waals surface area contributed by atoms with Crippen molar-refractivity contribution < 1.29 is 4.39 Å². The zero-order valence-electron chi connectivity index (χ0n) is 14.0. The van der Waals surface area contributed by atoms with Crippen LogP contribution in [0.3, 0.4) is 0 Å². The van der Waals surface area contributed by atoms with Crippen molar-refractivity contribution in [1.82, 2.24) is 5.32 Å². The van der Waals surface area contributed by atoms with Crippen LogP contribution in [0.2, 0.25) is 0 Å². The van der Waals surface area contributed by atoms with Crippen LogP contribution in [0.5, 0.6) is 0 Å². The van der Waals surface area contributed by atoms with Gasteiger partial charge in [-0.2, -0.15) is 0 Å². The standard InChI is InChI=1S/C19H30FN/c1-5-21-18(16-12-15(4)8-9-17(16)20)19(13-14(2)3)10-6-7-11-19/h8-9,12,14,18,21H,5-7,10-11,13H2,1-4H3. The molecule has 1 aromatic carbocycles. The quantitative estimate of drug-likeness (QED) is 0.741. The van der Waals surface area contributed by atoms with Gasteiger partial charge in [-0.05, 0) is 50.1 Å².